The number of methoxy groups -OCH3 is 2. The van der Waals surface area contributed by atoms with Gasteiger partial charge >= 0.3 is 5.97 Å². The van der Waals surface area contributed by atoms with Crippen molar-refractivity contribution in [3.8, 4) is 11.5 Å². The second-order valence-electron chi connectivity index (χ2n) is 4.71. The molecule has 6 heteroatoms. The first-order chi connectivity index (χ1) is 10.6. The van der Waals surface area contributed by atoms with Crippen molar-refractivity contribution in [3.63, 3.8) is 0 Å². The highest BCUT2D eigenvalue weighted by Crippen LogP contribution is 2.42. The molecule has 0 saturated heterocycles. The zero-order chi connectivity index (χ0) is 15.7. The van der Waals surface area contributed by atoms with Crippen LogP contribution in [0.4, 0.5) is 5.69 Å². The number of hydrogen-bond acceptors (Lipinski definition) is 5. The van der Waals surface area contributed by atoms with Crippen molar-refractivity contribution in [2.75, 3.05) is 19.5 Å². The van der Waals surface area contributed by atoms with Gasteiger partial charge in [0, 0.05) is 14.8 Å². The predicted octanol–water partition coefficient (Wildman–Crippen LogP) is 3.59. The zero-order valence-corrected chi connectivity index (χ0v) is 14.2. The van der Waals surface area contributed by atoms with Crippen molar-refractivity contribution in [2.24, 2.45) is 0 Å². The highest BCUT2D eigenvalue weighted by Gasteiger charge is 2.35. The summed E-state index contributed by atoms with van der Waals surface area (Å²) in [5, 5.41) is 3.21. The summed E-state index contributed by atoms with van der Waals surface area (Å²) in [6.07, 6.45) is -0.541. The van der Waals surface area contributed by atoms with Crippen molar-refractivity contribution < 1.29 is 19.0 Å². The summed E-state index contributed by atoms with van der Waals surface area (Å²) >= 11 is 2.23. The molecular formula is C16H14INO4. The smallest absolute Gasteiger partial charge is 0.344 e. The molecule has 2 aromatic carbocycles. The number of fused-ring (bicyclic) bond motifs is 1. The molecule has 0 fully saturated rings. The minimum Gasteiger partial charge on any atom is -0.493 e. The second-order valence-corrected chi connectivity index (χ2v) is 5.95. The maximum absolute atomic E-state index is 12.2. The van der Waals surface area contributed by atoms with Gasteiger partial charge in [-0.05, 0) is 52.9 Å². The molecule has 0 amide bonds. The number of hydrogen-bond donors (Lipinski definition) is 1. The molecule has 0 spiro atoms. The van der Waals surface area contributed by atoms with Gasteiger partial charge in [-0.1, -0.05) is 6.07 Å². The topological polar surface area (TPSA) is 56.8 Å². The van der Waals surface area contributed by atoms with Crippen LogP contribution in [0.1, 0.15) is 22.1 Å². The van der Waals surface area contributed by atoms with Crippen LogP contribution in [0, 0.1) is 3.57 Å². The third-order valence-electron chi connectivity index (χ3n) is 3.41. The number of carbonyl (C=O) groups excluding carboxylic acids is 1. The highest BCUT2D eigenvalue weighted by atomic mass is 127. The van der Waals surface area contributed by atoms with E-state index in [1.54, 1.807) is 6.07 Å². The fourth-order valence-corrected chi connectivity index (χ4v) is 2.98. The van der Waals surface area contributed by atoms with E-state index in [9.17, 15) is 4.79 Å². The minimum atomic E-state index is -0.541. The van der Waals surface area contributed by atoms with Crippen molar-refractivity contribution in [1.82, 2.24) is 0 Å². The maximum atomic E-state index is 12.2. The van der Waals surface area contributed by atoms with Crippen LogP contribution < -0.4 is 14.8 Å². The van der Waals surface area contributed by atoms with Crippen LogP contribution >= 0.6 is 22.6 Å². The standard InChI is InChI=1S/C16H14INO4/c1-20-12-7-6-11-13(14(12)21-2)16(19)22-15(11)18-10-5-3-4-9(17)8-10/h3-8,15,18H,1-2H3/t15-/m1/s1. The van der Waals surface area contributed by atoms with Gasteiger partial charge in [0.05, 0.1) is 14.2 Å². The first kappa shape index (κ1) is 15.0. The summed E-state index contributed by atoms with van der Waals surface area (Å²) in [5.41, 5.74) is 2.03. The number of ether oxygens (including phenoxy) is 3. The van der Waals surface area contributed by atoms with E-state index in [1.807, 2.05) is 30.3 Å². The van der Waals surface area contributed by atoms with Crippen LogP contribution in [0.25, 0.3) is 0 Å². The first-order valence-electron chi connectivity index (χ1n) is 6.62. The van der Waals surface area contributed by atoms with E-state index in [0.717, 1.165) is 14.8 Å². The van der Waals surface area contributed by atoms with Gasteiger partial charge in [0.1, 0.15) is 5.56 Å². The van der Waals surface area contributed by atoms with Crippen LogP contribution in [-0.4, -0.2) is 20.2 Å². The quantitative estimate of drug-likeness (QED) is 0.616. The summed E-state index contributed by atoms with van der Waals surface area (Å²) < 4.78 is 17.1. The van der Waals surface area contributed by atoms with Gasteiger partial charge < -0.3 is 19.5 Å². The predicted molar refractivity (Wildman–Crippen MR) is 90.5 cm³/mol. The van der Waals surface area contributed by atoms with Crippen LogP contribution in [0.5, 0.6) is 11.5 Å². The molecule has 1 atom stereocenters. The molecule has 3 rings (SSSR count). The van der Waals surface area contributed by atoms with Crippen LogP contribution in [0.3, 0.4) is 0 Å². The van der Waals surface area contributed by atoms with Gasteiger partial charge in [0.25, 0.3) is 0 Å². The second kappa shape index (κ2) is 6.04. The molecule has 2 aromatic rings. The SMILES string of the molecule is COc1ccc2c(c1OC)C(=O)O[C@H]2Nc1cccc(I)c1. The highest BCUT2D eigenvalue weighted by molar-refractivity contribution is 14.1. The lowest BCUT2D eigenvalue weighted by atomic mass is 10.1. The van der Waals surface area contributed by atoms with Gasteiger partial charge in [0.2, 0.25) is 6.23 Å². The lowest BCUT2D eigenvalue weighted by Gasteiger charge is -2.15. The van der Waals surface area contributed by atoms with Gasteiger partial charge in [-0.2, -0.15) is 0 Å². The molecular weight excluding hydrogens is 397 g/mol. The molecule has 0 bridgehead atoms. The van der Waals surface area contributed by atoms with Gasteiger partial charge in [-0.3, -0.25) is 0 Å². The molecule has 1 aliphatic heterocycles. The van der Waals surface area contributed by atoms with E-state index >= 15 is 0 Å². The van der Waals surface area contributed by atoms with Crippen LogP contribution in [0.15, 0.2) is 36.4 Å². The number of nitrogens with one attached hydrogen (secondary N) is 1. The van der Waals surface area contributed by atoms with Gasteiger partial charge in [-0.15, -0.1) is 0 Å². The summed E-state index contributed by atoms with van der Waals surface area (Å²) in [4.78, 5) is 12.2. The van der Waals surface area contributed by atoms with E-state index < -0.39 is 12.2 Å². The average molecular weight is 411 g/mol. The van der Waals surface area contributed by atoms with E-state index in [1.165, 1.54) is 14.2 Å². The van der Waals surface area contributed by atoms with Crippen LogP contribution in [-0.2, 0) is 4.74 Å². The molecule has 0 radical (unpaired) electrons. The van der Waals surface area contributed by atoms with E-state index in [4.69, 9.17) is 14.2 Å². The molecule has 114 valence electrons. The number of benzene rings is 2. The normalized spacial score (nSPS) is 16.0. The lowest BCUT2D eigenvalue weighted by Crippen LogP contribution is -2.10. The van der Waals surface area contributed by atoms with E-state index in [2.05, 4.69) is 27.9 Å². The Labute approximate surface area is 141 Å². The third kappa shape index (κ3) is 2.58. The third-order valence-corrected chi connectivity index (χ3v) is 4.08. The number of anilines is 1. The van der Waals surface area contributed by atoms with Gasteiger partial charge in [0.15, 0.2) is 11.5 Å². The number of rotatable bonds is 4. The molecule has 1 aliphatic rings. The molecule has 0 aromatic heterocycles. The van der Waals surface area contributed by atoms with Gasteiger partial charge in [-0.25, -0.2) is 4.79 Å². The van der Waals surface area contributed by atoms with E-state index in [-0.39, 0.29) is 0 Å². The molecule has 0 aliphatic carbocycles. The minimum absolute atomic E-state index is 0.400. The zero-order valence-electron chi connectivity index (χ0n) is 12.1. The number of esters is 1. The Kier molecular flexibility index (Phi) is 4.10. The summed E-state index contributed by atoms with van der Waals surface area (Å²) in [7, 11) is 3.04. The Hall–Kier alpha value is -1.96. The monoisotopic (exact) mass is 411 g/mol. The Morgan fingerprint density at radius 2 is 2.00 bits per heavy atom. The van der Waals surface area contributed by atoms with Crippen molar-refractivity contribution >= 4 is 34.2 Å². The lowest BCUT2D eigenvalue weighted by molar-refractivity contribution is 0.0435. The van der Waals surface area contributed by atoms with Crippen molar-refractivity contribution in [1.29, 1.82) is 0 Å². The largest absolute Gasteiger partial charge is 0.493 e. The molecule has 0 unspecified atom stereocenters. The summed E-state index contributed by atoms with van der Waals surface area (Å²) in [6.45, 7) is 0. The number of halogens is 1. The van der Waals surface area contributed by atoms with Crippen LogP contribution in [0.2, 0.25) is 0 Å². The Bertz CT molecular complexity index is 732. The Morgan fingerprint density at radius 1 is 1.18 bits per heavy atom. The Balaban J connectivity index is 1.98. The molecule has 5 nitrogen and oxygen atoms in total. The first-order valence-corrected chi connectivity index (χ1v) is 7.70. The maximum Gasteiger partial charge on any atom is 0.344 e. The number of cyclic esters (lactones) is 1. The fourth-order valence-electron chi connectivity index (χ4n) is 2.44. The molecule has 1 heterocycles. The number of carbonyl (C=O) groups is 1. The molecule has 0 saturated carbocycles. The fraction of sp³-hybridized carbons (Fsp3) is 0.188. The average Bonchev–Trinajstić information content (AvgIpc) is 2.82. The van der Waals surface area contributed by atoms with Crippen molar-refractivity contribution in [3.05, 3.63) is 51.1 Å². The summed E-state index contributed by atoms with van der Waals surface area (Å²) in [5.74, 6) is 0.485. The molecule has 1 N–H and O–H groups in total. The Morgan fingerprint density at radius 3 is 2.68 bits per heavy atom. The molecule has 22 heavy (non-hydrogen) atoms. The van der Waals surface area contributed by atoms with Crippen molar-refractivity contribution in [2.45, 2.75) is 6.23 Å². The summed E-state index contributed by atoms with van der Waals surface area (Å²) in [6, 6.07) is 11.4. The van der Waals surface area contributed by atoms with E-state index in [0.29, 0.717) is 17.1 Å².